The van der Waals surface area contributed by atoms with Crippen LogP contribution >= 0.6 is 0 Å². The van der Waals surface area contributed by atoms with Crippen LogP contribution in [-0.2, 0) is 10.3 Å². The molecular formula is C33H25FO5. The molecular weight excluding hydrogens is 495 g/mol. The van der Waals surface area contributed by atoms with Crippen LogP contribution in [0.15, 0.2) is 91.0 Å². The predicted molar refractivity (Wildman–Crippen MR) is 149 cm³/mol. The number of halogens is 1. The normalized spacial score (nSPS) is 16.0. The number of carbonyl (C=O) groups excluding carboxylic acids is 1. The molecule has 0 N–H and O–H groups in total. The Morgan fingerprint density at radius 2 is 1.51 bits per heavy atom. The van der Waals surface area contributed by atoms with E-state index in [2.05, 4.69) is 0 Å². The van der Waals surface area contributed by atoms with Crippen molar-refractivity contribution in [3.63, 3.8) is 0 Å². The number of benzene rings is 5. The summed E-state index contributed by atoms with van der Waals surface area (Å²) in [6, 6.07) is 25.4. The monoisotopic (exact) mass is 520 g/mol. The summed E-state index contributed by atoms with van der Waals surface area (Å²) in [6.45, 7) is 0. The average molecular weight is 521 g/mol. The first-order valence-electron chi connectivity index (χ1n) is 12.4. The topological polar surface area (TPSA) is 54.0 Å². The number of methoxy groups -OCH3 is 3. The highest BCUT2D eigenvalue weighted by Gasteiger charge is 2.41. The molecule has 0 aromatic heterocycles. The van der Waals surface area contributed by atoms with Crippen molar-refractivity contribution in [3.8, 4) is 17.2 Å². The van der Waals surface area contributed by atoms with Crippen molar-refractivity contribution in [2.45, 2.75) is 5.60 Å². The summed E-state index contributed by atoms with van der Waals surface area (Å²) in [5.41, 5.74) is 0.599. The van der Waals surface area contributed by atoms with Crippen LogP contribution in [0.3, 0.4) is 0 Å². The first kappa shape index (κ1) is 24.5. The summed E-state index contributed by atoms with van der Waals surface area (Å²) in [5, 5.41) is 3.30. The Bertz CT molecular complexity index is 1770. The Labute approximate surface area is 225 Å². The second kappa shape index (κ2) is 9.48. The van der Waals surface area contributed by atoms with Crippen LogP contribution < -0.4 is 14.2 Å². The molecule has 0 saturated carbocycles. The molecule has 1 heterocycles. The third-order valence-corrected chi connectivity index (χ3v) is 7.28. The van der Waals surface area contributed by atoms with Gasteiger partial charge in [0.15, 0.2) is 5.60 Å². The van der Waals surface area contributed by atoms with Gasteiger partial charge in [-0.3, -0.25) is 0 Å². The van der Waals surface area contributed by atoms with Crippen LogP contribution in [0.1, 0.15) is 27.0 Å². The van der Waals surface area contributed by atoms with Gasteiger partial charge in [-0.1, -0.05) is 54.6 Å². The van der Waals surface area contributed by atoms with Crippen molar-refractivity contribution >= 4 is 33.6 Å². The number of fused-ring (bicyclic) bond motifs is 5. The molecule has 1 aliphatic rings. The molecule has 0 aliphatic carbocycles. The van der Waals surface area contributed by atoms with Crippen molar-refractivity contribution in [1.82, 2.24) is 0 Å². The summed E-state index contributed by atoms with van der Waals surface area (Å²) in [6.07, 6.45) is 3.59. The van der Waals surface area contributed by atoms with Crippen molar-refractivity contribution in [3.05, 3.63) is 119 Å². The molecule has 0 radical (unpaired) electrons. The van der Waals surface area contributed by atoms with Crippen LogP contribution in [0.5, 0.6) is 17.2 Å². The van der Waals surface area contributed by atoms with Gasteiger partial charge in [0.1, 0.15) is 23.1 Å². The van der Waals surface area contributed by atoms with Gasteiger partial charge in [0.25, 0.3) is 0 Å². The standard InChI is InChI=1S/C33H25FO5/c1-36-21-14-12-20(13-15-21)33(28-10-6-7-11-29(28)34)17-16-24-27(32(35)38-3)18-25-22-8-4-5-9-23(22)30(37-2)19-26(25)31(24)39-33/h4-19H,1-3H3. The van der Waals surface area contributed by atoms with E-state index in [4.69, 9.17) is 18.9 Å². The molecule has 6 heteroatoms. The molecule has 5 aromatic rings. The number of carbonyl (C=O) groups is 1. The zero-order valence-electron chi connectivity index (χ0n) is 21.7. The van der Waals surface area contributed by atoms with Crippen LogP contribution in [0.2, 0.25) is 0 Å². The largest absolute Gasteiger partial charge is 0.497 e. The number of hydrogen-bond acceptors (Lipinski definition) is 5. The molecule has 1 atom stereocenters. The summed E-state index contributed by atoms with van der Waals surface area (Å²) in [7, 11) is 4.55. The fourth-order valence-electron chi connectivity index (χ4n) is 5.37. The van der Waals surface area contributed by atoms with Crippen molar-refractivity contribution < 1.29 is 28.1 Å². The maximum absolute atomic E-state index is 15.5. The molecule has 0 saturated heterocycles. The van der Waals surface area contributed by atoms with Crippen LogP contribution in [0, 0.1) is 5.82 Å². The van der Waals surface area contributed by atoms with Crippen molar-refractivity contribution in [2.24, 2.45) is 0 Å². The van der Waals surface area contributed by atoms with E-state index in [1.807, 2.05) is 66.7 Å². The SMILES string of the molecule is COC(=O)c1cc2c(cc(OC)c3ccccc32)c2c1C=CC(c1ccc(OC)cc1)(c1ccccc1F)O2. The molecule has 0 amide bonds. The third-order valence-electron chi connectivity index (χ3n) is 7.28. The maximum atomic E-state index is 15.5. The zero-order valence-corrected chi connectivity index (χ0v) is 21.7. The van der Waals surface area contributed by atoms with E-state index in [9.17, 15) is 4.79 Å². The number of rotatable bonds is 5. The fraction of sp³-hybridized carbons (Fsp3) is 0.121. The molecule has 6 rings (SSSR count). The van der Waals surface area contributed by atoms with Gasteiger partial charge < -0.3 is 18.9 Å². The van der Waals surface area contributed by atoms with Crippen LogP contribution in [-0.4, -0.2) is 27.3 Å². The van der Waals surface area contributed by atoms with Crippen molar-refractivity contribution in [1.29, 1.82) is 0 Å². The lowest BCUT2D eigenvalue weighted by atomic mass is 9.82. The Balaban J connectivity index is 1.71. The van der Waals surface area contributed by atoms with Crippen molar-refractivity contribution in [2.75, 3.05) is 21.3 Å². The predicted octanol–water partition coefficient (Wildman–Crippen LogP) is 7.29. The minimum absolute atomic E-state index is 0.335. The lowest BCUT2D eigenvalue weighted by Gasteiger charge is -2.37. The highest BCUT2D eigenvalue weighted by molar-refractivity contribution is 6.15. The Hall–Kier alpha value is -4.84. The first-order valence-corrected chi connectivity index (χ1v) is 12.4. The lowest BCUT2D eigenvalue weighted by Crippen LogP contribution is -2.35. The minimum Gasteiger partial charge on any atom is -0.497 e. The molecule has 0 spiro atoms. The highest BCUT2D eigenvalue weighted by Crippen LogP contribution is 2.49. The molecule has 1 aliphatic heterocycles. The van der Waals surface area contributed by atoms with Gasteiger partial charge in [0.05, 0.1) is 26.9 Å². The van der Waals surface area contributed by atoms with E-state index in [0.717, 1.165) is 21.5 Å². The highest BCUT2D eigenvalue weighted by atomic mass is 19.1. The Morgan fingerprint density at radius 3 is 2.21 bits per heavy atom. The molecule has 5 aromatic carbocycles. The van der Waals surface area contributed by atoms with Gasteiger partial charge in [-0.15, -0.1) is 0 Å². The molecule has 0 bridgehead atoms. The molecule has 5 nitrogen and oxygen atoms in total. The summed E-state index contributed by atoms with van der Waals surface area (Å²) in [5.74, 6) is 0.836. The van der Waals surface area contributed by atoms with Gasteiger partial charge in [0, 0.05) is 27.5 Å². The lowest BCUT2D eigenvalue weighted by molar-refractivity contribution is 0.0599. The van der Waals surface area contributed by atoms with E-state index < -0.39 is 17.4 Å². The van der Waals surface area contributed by atoms with Gasteiger partial charge in [0.2, 0.25) is 0 Å². The zero-order chi connectivity index (χ0) is 27.1. The van der Waals surface area contributed by atoms with E-state index in [-0.39, 0.29) is 0 Å². The smallest absolute Gasteiger partial charge is 0.338 e. The van der Waals surface area contributed by atoms with E-state index in [0.29, 0.717) is 39.5 Å². The summed E-state index contributed by atoms with van der Waals surface area (Å²) >= 11 is 0. The maximum Gasteiger partial charge on any atom is 0.338 e. The molecule has 194 valence electrons. The second-order valence-corrected chi connectivity index (χ2v) is 9.26. The third kappa shape index (κ3) is 3.79. The Morgan fingerprint density at radius 1 is 0.795 bits per heavy atom. The van der Waals surface area contributed by atoms with Gasteiger partial charge in [-0.2, -0.15) is 0 Å². The fourth-order valence-corrected chi connectivity index (χ4v) is 5.37. The van der Waals surface area contributed by atoms with E-state index in [1.165, 1.54) is 13.2 Å². The van der Waals surface area contributed by atoms with E-state index >= 15 is 4.39 Å². The average Bonchev–Trinajstić information content (AvgIpc) is 2.99. The second-order valence-electron chi connectivity index (χ2n) is 9.26. The van der Waals surface area contributed by atoms with E-state index in [1.54, 1.807) is 38.5 Å². The quantitative estimate of drug-likeness (QED) is 0.180. The van der Waals surface area contributed by atoms with Gasteiger partial charge >= 0.3 is 5.97 Å². The Kier molecular flexibility index (Phi) is 5.95. The molecule has 0 fully saturated rings. The van der Waals surface area contributed by atoms with Crippen LogP contribution in [0.25, 0.3) is 27.6 Å². The van der Waals surface area contributed by atoms with Gasteiger partial charge in [-0.05, 0) is 53.3 Å². The summed E-state index contributed by atoms with van der Waals surface area (Å²) in [4.78, 5) is 13.0. The number of esters is 1. The number of ether oxygens (including phenoxy) is 4. The van der Waals surface area contributed by atoms with Crippen LogP contribution in [0.4, 0.5) is 4.39 Å². The molecule has 39 heavy (non-hydrogen) atoms. The number of hydrogen-bond donors (Lipinski definition) is 0. The first-order chi connectivity index (χ1) is 19.0. The minimum atomic E-state index is -1.33. The molecule has 1 unspecified atom stereocenters. The summed E-state index contributed by atoms with van der Waals surface area (Å²) < 4.78 is 38.7. The van der Waals surface area contributed by atoms with Gasteiger partial charge in [-0.25, -0.2) is 9.18 Å².